The van der Waals surface area contributed by atoms with Crippen molar-refractivity contribution in [1.82, 2.24) is 9.62 Å². The molecule has 0 spiro atoms. The normalized spacial score (nSPS) is 23.4. The number of ether oxygens (including phenoxy) is 1. The average Bonchev–Trinajstić information content (AvgIpc) is 3.20. The molecular weight excluding hydrogens is 252 g/mol. The predicted molar refractivity (Wildman–Crippen MR) is 71.0 cm³/mol. The Morgan fingerprint density at radius 3 is 2.44 bits per heavy atom. The number of nitrogens with zero attached hydrogens (tertiary/aromatic N) is 1. The highest BCUT2D eigenvalue weighted by Gasteiger charge is 2.40. The summed E-state index contributed by atoms with van der Waals surface area (Å²) < 4.78 is 30.8. The summed E-state index contributed by atoms with van der Waals surface area (Å²) >= 11 is 0. The first kappa shape index (κ1) is 14.2. The van der Waals surface area contributed by atoms with Gasteiger partial charge in [-0.15, -0.1) is 0 Å². The minimum absolute atomic E-state index is 0.0612. The molecular formula is C12H24N2O3S. The highest BCUT2D eigenvalue weighted by molar-refractivity contribution is 7.90. The van der Waals surface area contributed by atoms with E-state index in [0.29, 0.717) is 19.0 Å². The van der Waals surface area contributed by atoms with E-state index in [1.807, 2.05) is 0 Å². The quantitative estimate of drug-likeness (QED) is 0.685. The van der Waals surface area contributed by atoms with E-state index in [2.05, 4.69) is 5.32 Å². The maximum atomic E-state index is 12.0. The zero-order valence-corrected chi connectivity index (χ0v) is 11.9. The first-order chi connectivity index (χ1) is 8.64. The average molecular weight is 276 g/mol. The highest BCUT2D eigenvalue weighted by Crippen LogP contribution is 2.32. The second-order valence-corrected chi connectivity index (χ2v) is 7.50. The third kappa shape index (κ3) is 3.66. The van der Waals surface area contributed by atoms with E-state index >= 15 is 0 Å². The van der Waals surface area contributed by atoms with Gasteiger partial charge in [0, 0.05) is 26.7 Å². The maximum absolute atomic E-state index is 12.0. The molecule has 1 N–H and O–H groups in total. The summed E-state index contributed by atoms with van der Waals surface area (Å²) in [5.74, 6) is 0.604. The number of rotatable bonds is 7. The molecule has 1 aliphatic carbocycles. The Bertz CT molecular complexity index is 346. The number of hydrogen-bond donors (Lipinski definition) is 1. The first-order valence-corrected chi connectivity index (χ1v) is 8.33. The van der Waals surface area contributed by atoms with Gasteiger partial charge in [0.25, 0.3) is 0 Å². The molecule has 2 fully saturated rings. The largest absolute Gasteiger partial charge is 0.383 e. The summed E-state index contributed by atoms with van der Waals surface area (Å²) in [6, 6.07) is 0. The number of hydrogen-bond acceptors (Lipinski definition) is 4. The van der Waals surface area contributed by atoms with E-state index in [0.717, 1.165) is 45.4 Å². The van der Waals surface area contributed by atoms with Crippen LogP contribution < -0.4 is 5.32 Å². The van der Waals surface area contributed by atoms with Crippen molar-refractivity contribution in [3.63, 3.8) is 0 Å². The van der Waals surface area contributed by atoms with Crippen LogP contribution in [0.1, 0.15) is 25.7 Å². The van der Waals surface area contributed by atoms with E-state index in [-0.39, 0.29) is 5.25 Å². The molecule has 2 rings (SSSR count). The van der Waals surface area contributed by atoms with Crippen molar-refractivity contribution in [3.8, 4) is 0 Å². The Labute approximate surface area is 110 Å². The predicted octanol–water partition coefficient (Wildman–Crippen LogP) is 0.427. The number of piperidine rings is 1. The van der Waals surface area contributed by atoms with Crippen molar-refractivity contribution in [1.29, 1.82) is 0 Å². The Balaban J connectivity index is 1.68. The molecule has 0 bridgehead atoms. The number of methoxy groups -OCH3 is 1. The van der Waals surface area contributed by atoms with Crippen LogP contribution in [-0.2, 0) is 14.8 Å². The van der Waals surface area contributed by atoms with E-state index in [1.165, 1.54) is 0 Å². The number of nitrogens with one attached hydrogen (secondary N) is 1. The SMILES string of the molecule is COCCNCC1CCN(S(=O)(=O)C2CC2)CC1. The second-order valence-electron chi connectivity index (χ2n) is 5.28. The molecule has 1 saturated carbocycles. The fourth-order valence-electron chi connectivity index (χ4n) is 2.43. The van der Waals surface area contributed by atoms with Crippen LogP contribution in [0.4, 0.5) is 0 Å². The molecule has 6 heteroatoms. The molecule has 106 valence electrons. The standard InChI is InChI=1S/C12H24N2O3S/c1-17-9-6-13-10-11-4-7-14(8-5-11)18(15,16)12-2-3-12/h11-13H,2-10H2,1H3. The zero-order chi connectivity index (χ0) is 13.0. The van der Waals surface area contributed by atoms with Gasteiger partial charge in [-0.25, -0.2) is 12.7 Å². The van der Waals surface area contributed by atoms with Crippen LogP contribution >= 0.6 is 0 Å². The summed E-state index contributed by atoms with van der Waals surface area (Å²) in [5, 5.41) is 3.29. The molecule has 18 heavy (non-hydrogen) atoms. The Morgan fingerprint density at radius 1 is 1.22 bits per heavy atom. The molecule has 0 unspecified atom stereocenters. The second kappa shape index (κ2) is 6.32. The van der Waals surface area contributed by atoms with Gasteiger partial charge in [0.15, 0.2) is 0 Å². The molecule has 5 nitrogen and oxygen atoms in total. The number of sulfonamides is 1. The lowest BCUT2D eigenvalue weighted by Crippen LogP contribution is -2.42. The van der Waals surface area contributed by atoms with Crippen LogP contribution in [-0.4, -0.2) is 57.9 Å². The van der Waals surface area contributed by atoms with Crippen LogP contribution in [0.2, 0.25) is 0 Å². The summed E-state index contributed by atoms with van der Waals surface area (Å²) in [7, 11) is -1.25. The molecule has 0 aromatic carbocycles. The smallest absolute Gasteiger partial charge is 0.216 e. The molecule has 1 saturated heterocycles. The van der Waals surface area contributed by atoms with Gasteiger partial charge in [0.05, 0.1) is 11.9 Å². The van der Waals surface area contributed by atoms with Gasteiger partial charge in [0.2, 0.25) is 10.0 Å². The summed E-state index contributed by atoms with van der Waals surface area (Å²) in [5.41, 5.74) is 0. The Kier molecular flexibility index (Phi) is 5.00. The van der Waals surface area contributed by atoms with Gasteiger partial charge in [-0.3, -0.25) is 0 Å². The van der Waals surface area contributed by atoms with Crippen molar-refractivity contribution in [2.45, 2.75) is 30.9 Å². The van der Waals surface area contributed by atoms with Crippen molar-refractivity contribution in [2.24, 2.45) is 5.92 Å². The van der Waals surface area contributed by atoms with Crippen LogP contribution in [0, 0.1) is 5.92 Å². The monoisotopic (exact) mass is 276 g/mol. The fraction of sp³-hybridized carbons (Fsp3) is 1.00. The molecule has 1 heterocycles. The zero-order valence-electron chi connectivity index (χ0n) is 11.1. The minimum atomic E-state index is -2.95. The van der Waals surface area contributed by atoms with E-state index in [1.54, 1.807) is 11.4 Å². The van der Waals surface area contributed by atoms with E-state index in [4.69, 9.17) is 4.74 Å². The molecule has 0 radical (unpaired) electrons. The van der Waals surface area contributed by atoms with Crippen molar-refractivity contribution >= 4 is 10.0 Å². The van der Waals surface area contributed by atoms with Gasteiger partial charge in [-0.2, -0.15) is 0 Å². The maximum Gasteiger partial charge on any atom is 0.216 e. The minimum Gasteiger partial charge on any atom is -0.383 e. The highest BCUT2D eigenvalue weighted by atomic mass is 32.2. The third-order valence-corrected chi connectivity index (χ3v) is 6.19. The topological polar surface area (TPSA) is 58.6 Å². The summed E-state index contributed by atoms with van der Waals surface area (Å²) in [4.78, 5) is 0. The third-order valence-electron chi connectivity index (χ3n) is 3.79. The molecule has 0 aromatic heterocycles. The van der Waals surface area contributed by atoms with Gasteiger partial charge in [-0.1, -0.05) is 0 Å². The van der Waals surface area contributed by atoms with Crippen LogP contribution in [0.25, 0.3) is 0 Å². The van der Waals surface area contributed by atoms with Crippen LogP contribution in [0.3, 0.4) is 0 Å². The van der Waals surface area contributed by atoms with Gasteiger partial charge >= 0.3 is 0 Å². The lowest BCUT2D eigenvalue weighted by Gasteiger charge is -2.31. The first-order valence-electron chi connectivity index (χ1n) is 6.83. The van der Waals surface area contributed by atoms with Gasteiger partial charge in [-0.05, 0) is 38.1 Å². The fourth-order valence-corrected chi connectivity index (χ4v) is 4.30. The molecule has 0 atom stereocenters. The van der Waals surface area contributed by atoms with Crippen LogP contribution in [0.15, 0.2) is 0 Å². The van der Waals surface area contributed by atoms with Gasteiger partial charge in [0.1, 0.15) is 0 Å². The van der Waals surface area contributed by atoms with Crippen molar-refractivity contribution < 1.29 is 13.2 Å². The molecule has 0 amide bonds. The Morgan fingerprint density at radius 2 is 1.89 bits per heavy atom. The lowest BCUT2D eigenvalue weighted by atomic mass is 9.98. The molecule has 2 aliphatic rings. The summed E-state index contributed by atoms with van der Waals surface area (Å²) in [6.07, 6.45) is 3.68. The van der Waals surface area contributed by atoms with E-state index in [9.17, 15) is 8.42 Å². The van der Waals surface area contributed by atoms with Crippen molar-refractivity contribution in [2.75, 3.05) is 39.9 Å². The molecule has 1 aliphatic heterocycles. The molecule has 0 aromatic rings. The van der Waals surface area contributed by atoms with Gasteiger partial charge < -0.3 is 10.1 Å². The van der Waals surface area contributed by atoms with Crippen molar-refractivity contribution in [3.05, 3.63) is 0 Å². The van der Waals surface area contributed by atoms with E-state index < -0.39 is 10.0 Å². The van der Waals surface area contributed by atoms with Crippen LogP contribution in [0.5, 0.6) is 0 Å². The summed E-state index contributed by atoms with van der Waals surface area (Å²) in [6.45, 7) is 3.98. The Hall–Kier alpha value is -0.170. The lowest BCUT2D eigenvalue weighted by molar-refractivity contribution is 0.194.